The van der Waals surface area contributed by atoms with E-state index < -0.39 is 0 Å². The van der Waals surface area contributed by atoms with Gasteiger partial charge in [0.15, 0.2) is 11.5 Å². The minimum Gasteiger partial charge on any atom is -0.454 e. The van der Waals surface area contributed by atoms with E-state index in [9.17, 15) is 0 Å². The Hall–Kier alpha value is -2.00. The highest BCUT2D eigenvalue weighted by Gasteiger charge is 2.40. The van der Waals surface area contributed by atoms with Crippen molar-refractivity contribution in [2.24, 2.45) is 0 Å². The zero-order chi connectivity index (χ0) is 15.9. The first-order chi connectivity index (χ1) is 11.9. The van der Waals surface area contributed by atoms with Crippen molar-refractivity contribution in [2.45, 2.75) is 37.6 Å². The van der Waals surface area contributed by atoms with Gasteiger partial charge in [-0.2, -0.15) is 0 Å². The van der Waals surface area contributed by atoms with Crippen LogP contribution < -0.4 is 9.47 Å². The molecule has 2 aromatic rings. The Morgan fingerprint density at radius 3 is 2.83 bits per heavy atom. The molecular formula is C21H23NO2. The summed E-state index contributed by atoms with van der Waals surface area (Å²) in [5.74, 6) is 2.62. The summed E-state index contributed by atoms with van der Waals surface area (Å²) in [7, 11) is 0. The molecule has 5 rings (SSSR count). The normalized spacial score (nSPS) is 24.7. The van der Waals surface area contributed by atoms with Gasteiger partial charge in [-0.1, -0.05) is 36.4 Å². The number of hydrogen-bond acceptors (Lipinski definition) is 3. The summed E-state index contributed by atoms with van der Waals surface area (Å²) in [6, 6.07) is 16.0. The van der Waals surface area contributed by atoms with Gasteiger partial charge in [-0.05, 0) is 49.4 Å². The van der Waals surface area contributed by atoms with Gasteiger partial charge in [0.25, 0.3) is 0 Å². The van der Waals surface area contributed by atoms with Crippen molar-refractivity contribution < 1.29 is 9.47 Å². The average Bonchev–Trinajstić information content (AvgIpc) is 3.27. The van der Waals surface area contributed by atoms with Crippen LogP contribution in [0.2, 0.25) is 0 Å². The minimum absolute atomic E-state index is 0.378. The third kappa shape index (κ3) is 2.30. The molecule has 2 heterocycles. The second kappa shape index (κ2) is 5.82. The van der Waals surface area contributed by atoms with E-state index >= 15 is 0 Å². The third-order valence-corrected chi connectivity index (χ3v) is 5.96. The van der Waals surface area contributed by atoms with Crippen LogP contribution in [0.4, 0.5) is 0 Å². The SMILES string of the molecule is c1ccc(CCN2CC[C@@H]3c4ccc5c(c4CC[C@@H]32)OCO5)cc1. The molecule has 2 aromatic carbocycles. The Bertz CT molecular complexity index is 743. The molecule has 1 aliphatic carbocycles. The van der Waals surface area contributed by atoms with Crippen LogP contribution >= 0.6 is 0 Å². The van der Waals surface area contributed by atoms with Gasteiger partial charge in [0.2, 0.25) is 6.79 Å². The van der Waals surface area contributed by atoms with Gasteiger partial charge in [0.05, 0.1) is 0 Å². The first-order valence-electron chi connectivity index (χ1n) is 9.09. The smallest absolute Gasteiger partial charge is 0.231 e. The van der Waals surface area contributed by atoms with Gasteiger partial charge in [-0.3, -0.25) is 4.90 Å². The summed E-state index contributed by atoms with van der Waals surface area (Å²) in [5, 5.41) is 0. The van der Waals surface area contributed by atoms with E-state index in [1.54, 1.807) is 0 Å². The summed E-state index contributed by atoms with van der Waals surface area (Å²) < 4.78 is 11.3. The van der Waals surface area contributed by atoms with Crippen LogP contribution in [0.5, 0.6) is 11.5 Å². The molecule has 124 valence electrons. The topological polar surface area (TPSA) is 21.7 Å². The van der Waals surface area contributed by atoms with E-state index in [0.29, 0.717) is 18.8 Å². The van der Waals surface area contributed by atoms with Crippen molar-refractivity contribution >= 4 is 0 Å². The molecule has 0 radical (unpaired) electrons. The average molecular weight is 321 g/mol. The zero-order valence-electron chi connectivity index (χ0n) is 13.9. The first kappa shape index (κ1) is 14.4. The van der Waals surface area contributed by atoms with E-state index in [4.69, 9.17) is 9.47 Å². The van der Waals surface area contributed by atoms with Gasteiger partial charge >= 0.3 is 0 Å². The van der Waals surface area contributed by atoms with E-state index in [1.165, 1.54) is 42.6 Å². The van der Waals surface area contributed by atoms with Gasteiger partial charge in [-0.15, -0.1) is 0 Å². The predicted molar refractivity (Wildman–Crippen MR) is 93.8 cm³/mol. The first-order valence-corrected chi connectivity index (χ1v) is 9.09. The number of rotatable bonds is 3. The molecule has 0 aromatic heterocycles. The van der Waals surface area contributed by atoms with Crippen LogP contribution in [0.3, 0.4) is 0 Å². The Balaban J connectivity index is 1.34. The Morgan fingerprint density at radius 2 is 1.92 bits per heavy atom. The molecule has 0 N–H and O–H groups in total. The second-order valence-corrected chi connectivity index (χ2v) is 7.14. The highest BCUT2D eigenvalue weighted by molar-refractivity contribution is 5.54. The molecule has 2 atom stereocenters. The zero-order valence-corrected chi connectivity index (χ0v) is 13.9. The predicted octanol–water partition coefficient (Wildman–Crippen LogP) is 3.76. The van der Waals surface area contributed by atoms with Gasteiger partial charge in [0, 0.05) is 24.1 Å². The highest BCUT2D eigenvalue weighted by Crippen LogP contribution is 2.48. The number of benzene rings is 2. The lowest BCUT2D eigenvalue weighted by Crippen LogP contribution is -2.36. The molecule has 0 spiro atoms. The van der Waals surface area contributed by atoms with Crippen LogP contribution in [-0.4, -0.2) is 30.8 Å². The molecule has 1 fully saturated rings. The van der Waals surface area contributed by atoms with Crippen LogP contribution in [0, 0.1) is 0 Å². The molecule has 1 saturated heterocycles. The molecule has 24 heavy (non-hydrogen) atoms. The van der Waals surface area contributed by atoms with Crippen molar-refractivity contribution in [1.29, 1.82) is 0 Å². The van der Waals surface area contributed by atoms with Crippen molar-refractivity contribution in [2.75, 3.05) is 19.9 Å². The highest BCUT2D eigenvalue weighted by atomic mass is 16.7. The third-order valence-electron chi connectivity index (χ3n) is 5.96. The molecule has 3 nitrogen and oxygen atoms in total. The Kier molecular flexibility index (Phi) is 3.48. The van der Waals surface area contributed by atoms with Crippen molar-refractivity contribution in [3.63, 3.8) is 0 Å². The van der Waals surface area contributed by atoms with Gasteiger partial charge in [0.1, 0.15) is 0 Å². The van der Waals surface area contributed by atoms with Crippen molar-refractivity contribution in [3.8, 4) is 11.5 Å². The molecule has 3 aliphatic rings. The summed E-state index contributed by atoms with van der Waals surface area (Å²) in [5.41, 5.74) is 4.37. The molecule has 0 bridgehead atoms. The summed E-state index contributed by atoms with van der Waals surface area (Å²) in [4.78, 5) is 2.71. The van der Waals surface area contributed by atoms with Crippen molar-refractivity contribution in [1.82, 2.24) is 4.90 Å². The fourth-order valence-electron chi connectivity index (χ4n) is 4.80. The summed E-state index contributed by atoms with van der Waals surface area (Å²) in [6.07, 6.45) is 4.78. The lowest BCUT2D eigenvalue weighted by molar-refractivity contribution is 0.172. The van der Waals surface area contributed by atoms with E-state index in [0.717, 1.165) is 24.3 Å². The van der Waals surface area contributed by atoms with Gasteiger partial charge in [-0.25, -0.2) is 0 Å². The maximum absolute atomic E-state index is 5.74. The van der Waals surface area contributed by atoms with Crippen LogP contribution in [0.25, 0.3) is 0 Å². The lowest BCUT2D eigenvalue weighted by Gasteiger charge is -2.33. The molecule has 0 saturated carbocycles. The number of fused-ring (bicyclic) bond motifs is 5. The van der Waals surface area contributed by atoms with E-state index in [2.05, 4.69) is 47.4 Å². The van der Waals surface area contributed by atoms with Crippen LogP contribution in [0.15, 0.2) is 42.5 Å². The Labute approximate surface area is 143 Å². The summed E-state index contributed by atoms with van der Waals surface area (Å²) >= 11 is 0. The van der Waals surface area contributed by atoms with Crippen molar-refractivity contribution in [3.05, 3.63) is 59.2 Å². The fourth-order valence-corrected chi connectivity index (χ4v) is 4.80. The molecule has 2 aliphatic heterocycles. The molecule has 3 heteroatoms. The number of hydrogen-bond donors (Lipinski definition) is 0. The maximum atomic E-state index is 5.74. The quantitative estimate of drug-likeness (QED) is 0.859. The Morgan fingerprint density at radius 1 is 1.00 bits per heavy atom. The number of nitrogens with zero attached hydrogens (tertiary/aromatic N) is 1. The minimum atomic E-state index is 0.378. The maximum Gasteiger partial charge on any atom is 0.231 e. The van der Waals surface area contributed by atoms with E-state index in [1.807, 2.05) is 0 Å². The molecular weight excluding hydrogens is 298 g/mol. The number of likely N-dealkylation sites (tertiary alicyclic amines) is 1. The molecule has 0 unspecified atom stereocenters. The second-order valence-electron chi connectivity index (χ2n) is 7.14. The van der Waals surface area contributed by atoms with Crippen LogP contribution in [0.1, 0.15) is 35.4 Å². The fraction of sp³-hybridized carbons (Fsp3) is 0.429. The number of ether oxygens (including phenoxy) is 2. The van der Waals surface area contributed by atoms with E-state index in [-0.39, 0.29) is 0 Å². The van der Waals surface area contributed by atoms with Crippen LogP contribution in [-0.2, 0) is 12.8 Å². The monoisotopic (exact) mass is 321 g/mol. The lowest BCUT2D eigenvalue weighted by atomic mass is 9.79. The largest absolute Gasteiger partial charge is 0.454 e. The molecule has 0 amide bonds. The summed E-state index contributed by atoms with van der Waals surface area (Å²) in [6.45, 7) is 2.77. The standard InChI is InChI=1S/C21H23NO2/c1-2-4-15(5-3-1)10-12-22-13-11-17-16-7-9-20-21(24-14-23-20)18(16)6-8-19(17)22/h1-5,7,9,17,19H,6,8,10-14H2/t17-,19+/m1/s1. The van der Waals surface area contributed by atoms with Gasteiger partial charge < -0.3 is 9.47 Å².